The molecule has 2 bridgehead atoms. The number of aromatic nitrogens is 1. The highest BCUT2D eigenvalue weighted by atomic mass is 35.5. The van der Waals surface area contributed by atoms with E-state index in [2.05, 4.69) is 5.16 Å². The second-order valence-electron chi connectivity index (χ2n) is 9.60. The summed E-state index contributed by atoms with van der Waals surface area (Å²) in [7, 11) is 0. The molecule has 1 aromatic heterocycles. The van der Waals surface area contributed by atoms with Gasteiger partial charge in [0.1, 0.15) is 17.3 Å². The van der Waals surface area contributed by atoms with Crippen LogP contribution in [0.3, 0.4) is 0 Å². The number of halogens is 3. The summed E-state index contributed by atoms with van der Waals surface area (Å²) in [6.07, 6.45) is 3.85. The third kappa shape index (κ3) is 4.09. The predicted octanol–water partition coefficient (Wildman–Crippen LogP) is 6.55. The van der Waals surface area contributed by atoms with Crippen LogP contribution in [0, 0.1) is 11.7 Å². The quantitative estimate of drug-likeness (QED) is 0.383. The summed E-state index contributed by atoms with van der Waals surface area (Å²) in [6, 6.07) is 9.62. The van der Waals surface area contributed by atoms with Gasteiger partial charge < -0.3 is 19.3 Å². The highest BCUT2D eigenvalue weighted by Gasteiger charge is 2.46. The van der Waals surface area contributed by atoms with Crippen molar-refractivity contribution in [2.75, 3.05) is 11.4 Å². The van der Waals surface area contributed by atoms with Crippen LogP contribution in [0.15, 0.2) is 40.9 Å². The Bertz CT molecular complexity index is 1290. The molecule has 3 aromatic rings. The zero-order chi connectivity index (χ0) is 24.3. The molecule has 1 N–H and O–H groups in total. The maximum atomic E-state index is 14.6. The number of ether oxygens (including phenoxy) is 1. The van der Waals surface area contributed by atoms with E-state index in [9.17, 15) is 9.18 Å². The van der Waals surface area contributed by atoms with Crippen LogP contribution in [0.5, 0.6) is 0 Å². The summed E-state index contributed by atoms with van der Waals surface area (Å²) < 4.78 is 26.8. The molecule has 35 heavy (non-hydrogen) atoms. The van der Waals surface area contributed by atoms with E-state index < -0.39 is 11.8 Å². The summed E-state index contributed by atoms with van der Waals surface area (Å²) in [4.78, 5) is 13.2. The number of rotatable bonds is 7. The molecular weight excluding hydrogens is 494 g/mol. The van der Waals surface area contributed by atoms with Gasteiger partial charge in [-0.1, -0.05) is 34.4 Å². The number of hydrogen-bond acceptors (Lipinski definition) is 5. The van der Waals surface area contributed by atoms with Crippen molar-refractivity contribution in [1.29, 1.82) is 0 Å². The fraction of sp³-hybridized carbons (Fsp3) is 0.385. The molecule has 0 radical (unpaired) electrons. The minimum Gasteiger partial charge on any atom is -0.478 e. The largest absolute Gasteiger partial charge is 0.478 e. The van der Waals surface area contributed by atoms with Gasteiger partial charge in [0.05, 0.1) is 34.0 Å². The van der Waals surface area contributed by atoms with Gasteiger partial charge in [-0.3, -0.25) is 0 Å². The Labute approximate surface area is 211 Å². The maximum absolute atomic E-state index is 14.6. The monoisotopic (exact) mass is 516 g/mol. The first-order chi connectivity index (χ1) is 16.9. The van der Waals surface area contributed by atoms with Crippen molar-refractivity contribution in [3.05, 3.63) is 69.1 Å². The smallest absolute Gasteiger partial charge is 0.335 e. The molecule has 0 amide bonds. The average molecular weight is 517 g/mol. The molecule has 182 valence electrons. The van der Waals surface area contributed by atoms with Crippen LogP contribution in [-0.2, 0) is 11.3 Å². The van der Waals surface area contributed by atoms with E-state index in [-0.39, 0.29) is 23.6 Å². The molecule has 1 saturated heterocycles. The first-order valence-electron chi connectivity index (χ1n) is 11.7. The molecule has 6 rings (SSSR count). The standard InChI is InChI=1S/C26H23Cl2FN2O4/c27-18-2-1-3-19(28)23(18)24-17(25(35-30-24)13-4-5-13)12-34-22-10-16-8-15(22)11-31(16)21-7-6-14(26(32)33)9-20(21)29/h1-3,6-7,9,13,15-16,22H,4-5,8,10-12H2,(H,32,33)/t15-,16-,22+/m1/s1. The maximum Gasteiger partial charge on any atom is 0.335 e. The van der Waals surface area contributed by atoms with E-state index in [4.69, 9.17) is 37.6 Å². The van der Waals surface area contributed by atoms with Crippen LogP contribution >= 0.6 is 23.2 Å². The van der Waals surface area contributed by atoms with Crippen molar-refractivity contribution in [2.24, 2.45) is 5.92 Å². The van der Waals surface area contributed by atoms with Crippen molar-refractivity contribution < 1.29 is 23.6 Å². The summed E-state index contributed by atoms with van der Waals surface area (Å²) in [5, 5.41) is 14.5. The summed E-state index contributed by atoms with van der Waals surface area (Å²) in [5.41, 5.74) is 2.59. The van der Waals surface area contributed by atoms with Crippen LogP contribution in [0.1, 0.15) is 53.3 Å². The third-order valence-corrected chi connectivity index (χ3v) is 8.02. The number of carbonyl (C=O) groups is 1. The highest BCUT2D eigenvalue weighted by Crippen LogP contribution is 2.47. The normalized spacial score (nSPS) is 23.3. The molecule has 3 atom stereocenters. The van der Waals surface area contributed by atoms with E-state index in [0.29, 0.717) is 46.1 Å². The van der Waals surface area contributed by atoms with E-state index >= 15 is 0 Å². The number of piperidine rings is 1. The van der Waals surface area contributed by atoms with Gasteiger partial charge in [-0.25, -0.2) is 9.18 Å². The summed E-state index contributed by atoms with van der Waals surface area (Å²) in [5.74, 6) is -0.182. The molecule has 2 aliphatic carbocycles. The Morgan fingerprint density at radius 1 is 1.20 bits per heavy atom. The Balaban J connectivity index is 1.19. The van der Waals surface area contributed by atoms with Gasteiger partial charge in [-0.05, 0) is 56.0 Å². The fourth-order valence-electron chi connectivity index (χ4n) is 5.52. The van der Waals surface area contributed by atoms with Crippen molar-refractivity contribution in [3.63, 3.8) is 0 Å². The van der Waals surface area contributed by atoms with Crippen molar-refractivity contribution in [3.8, 4) is 11.3 Å². The molecule has 6 nitrogen and oxygen atoms in total. The first-order valence-corrected chi connectivity index (χ1v) is 12.5. The van der Waals surface area contributed by atoms with Gasteiger partial charge in [0.15, 0.2) is 0 Å². The van der Waals surface area contributed by atoms with Crippen LogP contribution in [-0.4, -0.2) is 34.9 Å². The Kier molecular flexibility index (Phi) is 5.74. The van der Waals surface area contributed by atoms with Gasteiger partial charge in [-0.15, -0.1) is 0 Å². The number of anilines is 1. The van der Waals surface area contributed by atoms with Crippen molar-refractivity contribution >= 4 is 34.9 Å². The second-order valence-corrected chi connectivity index (χ2v) is 10.4. The third-order valence-electron chi connectivity index (χ3n) is 7.39. The molecule has 9 heteroatoms. The first kappa shape index (κ1) is 22.8. The molecule has 0 unspecified atom stereocenters. The zero-order valence-electron chi connectivity index (χ0n) is 18.7. The molecule has 2 saturated carbocycles. The fourth-order valence-corrected chi connectivity index (χ4v) is 6.09. The van der Waals surface area contributed by atoms with Crippen molar-refractivity contribution in [1.82, 2.24) is 5.16 Å². The van der Waals surface area contributed by atoms with Gasteiger partial charge in [0.25, 0.3) is 0 Å². The molecular formula is C26H23Cl2FN2O4. The number of fused-ring (bicyclic) bond motifs is 2. The number of benzene rings is 2. The number of carboxylic acids is 1. The topological polar surface area (TPSA) is 75.8 Å². The highest BCUT2D eigenvalue weighted by molar-refractivity contribution is 6.39. The average Bonchev–Trinajstić information content (AvgIpc) is 3.28. The molecule has 2 aromatic carbocycles. The molecule has 3 fully saturated rings. The zero-order valence-corrected chi connectivity index (χ0v) is 20.2. The lowest BCUT2D eigenvalue weighted by Crippen LogP contribution is -2.39. The molecule has 3 aliphatic rings. The number of carboxylic acid groups (broad SMARTS) is 1. The van der Waals surface area contributed by atoms with Crippen LogP contribution in [0.2, 0.25) is 10.0 Å². The lowest BCUT2D eigenvalue weighted by Gasteiger charge is -2.33. The summed E-state index contributed by atoms with van der Waals surface area (Å²) in [6.45, 7) is 1.02. The SMILES string of the molecule is O=C(O)c1ccc(N2C[C@H]3C[C@@H]2C[C@@H]3OCc2c(-c3c(Cl)cccc3Cl)noc2C2CC2)c(F)c1. The molecule has 1 aliphatic heterocycles. The molecule has 2 heterocycles. The number of hydrogen-bond donors (Lipinski definition) is 1. The Morgan fingerprint density at radius 3 is 2.60 bits per heavy atom. The predicted molar refractivity (Wildman–Crippen MR) is 130 cm³/mol. The number of aromatic carboxylic acids is 1. The van der Waals surface area contributed by atoms with Gasteiger partial charge in [0.2, 0.25) is 0 Å². The van der Waals surface area contributed by atoms with Crippen LogP contribution in [0.25, 0.3) is 11.3 Å². The van der Waals surface area contributed by atoms with E-state index in [1.165, 1.54) is 6.07 Å². The second kappa shape index (κ2) is 8.80. The van der Waals surface area contributed by atoms with Crippen LogP contribution in [0.4, 0.5) is 10.1 Å². The Morgan fingerprint density at radius 2 is 1.97 bits per heavy atom. The van der Waals surface area contributed by atoms with Gasteiger partial charge in [0, 0.05) is 35.5 Å². The molecule has 0 spiro atoms. The van der Waals surface area contributed by atoms with Crippen LogP contribution < -0.4 is 4.90 Å². The van der Waals surface area contributed by atoms with E-state index in [0.717, 1.165) is 43.1 Å². The lowest BCUT2D eigenvalue weighted by atomic mass is 10.0. The van der Waals surface area contributed by atoms with Gasteiger partial charge in [-0.2, -0.15) is 0 Å². The Hall–Kier alpha value is -2.61. The minimum atomic E-state index is -1.14. The van der Waals surface area contributed by atoms with E-state index in [1.807, 2.05) is 4.90 Å². The lowest BCUT2D eigenvalue weighted by molar-refractivity contribution is 0.0122. The van der Waals surface area contributed by atoms with Crippen molar-refractivity contribution in [2.45, 2.75) is 50.4 Å². The minimum absolute atomic E-state index is 0.0362. The van der Waals surface area contributed by atoms with E-state index in [1.54, 1.807) is 24.3 Å². The summed E-state index contributed by atoms with van der Waals surface area (Å²) >= 11 is 12.9. The number of nitrogens with zero attached hydrogens (tertiary/aromatic N) is 2. The van der Waals surface area contributed by atoms with Gasteiger partial charge >= 0.3 is 5.97 Å².